The topological polar surface area (TPSA) is 153 Å². The van der Waals surface area contributed by atoms with Gasteiger partial charge < -0.3 is 30.5 Å². The smallest absolute Gasteiger partial charge is 0.408 e. The van der Waals surface area contributed by atoms with Crippen LogP contribution in [0, 0.1) is 0 Å². The van der Waals surface area contributed by atoms with Gasteiger partial charge in [0.15, 0.2) is 0 Å². The molecule has 0 aromatic heterocycles. The molecule has 2 atom stereocenters. The zero-order chi connectivity index (χ0) is 18.2. The van der Waals surface area contributed by atoms with Crippen molar-refractivity contribution in [2.45, 2.75) is 70.3 Å². The second-order valence-electron chi connectivity index (χ2n) is 6.17. The highest BCUT2D eigenvalue weighted by molar-refractivity contribution is 5.69. The number of carbonyl (C=O) groups is 3. The minimum absolute atomic E-state index is 0.208. The standard InChI is InChI=1S/C14H25NO8/c1-14(2,3)23-13(22)15-12(8(16)4-6-10(18)19)9(17)5-7-11(20)21/h8-9,12,16-17H,4-7H2,1-3H3,(H,15,22)(H,18,19)(H,20,21). The molecule has 0 saturated heterocycles. The van der Waals surface area contributed by atoms with Crippen LogP contribution in [0.4, 0.5) is 4.79 Å². The Morgan fingerprint density at radius 1 is 0.957 bits per heavy atom. The lowest BCUT2D eigenvalue weighted by Gasteiger charge is -2.29. The molecule has 0 bridgehead atoms. The van der Waals surface area contributed by atoms with Gasteiger partial charge in [-0.05, 0) is 33.6 Å². The van der Waals surface area contributed by atoms with E-state index in [1.54, 1.807) is 20.8 Å². The molecule has 0 spiro atoms. The minimum Gasteiger partial charge on any atom is -0.481 e. The van der Waals surface area contributed by atoms with Crippen LogP contribution < -0.4 is 5.32 Å². The Morgan fingerprint density at radius 2 is 1.35 bits per heavy atom. The molecule has 0 aliphatic carbocycles. The number of amides is 1. The molecule has 0 heterocycles. The van der Waals surface area contributed by atoms with E-state index in [9.17, 15) is 24.6 Å². The van der Waals surface area contributed by atoms with Gasteiger partial charge in [0, 0.05) is 12.8 Å². The van der Waals surface area contributed by atoms with E-state index in [0.717, 1.165) is 0 Å². The Kier molecular flexibility index (Phi) is 8.55. The molecule has 1 amide bonds. The maximum absolute atomic E-state index is 11.8. The van der Waals surface area contributed by atoms with Crippen LogP contribution in [0.5, 0.6) is 0 Å². The SMILES string of the molecule is CC(C)(C)OC(=O)NC(C(O)CCC(=O)O)C(O)CCC(=O)O. The third-order valence-electron chi connectivity index (χ3n) is 2.82. The number of aliphatic carboxylic acids is 2. The van der Waals surface area contributed by atoms with Crippen LogP contribution >= 0.6 is 0 Å². The third-order valence-corrected chi connectivity index (χ3v) is 2.82. The van der Waals surface area contributed by atoms with Crippen molar-refractivity contribution in [2.75, 3.05) is 0 Å². The minimum atomic E-state index is -1.36. The van der Waals surface area contributed by atoms with Gasteiger partial charge in [-0.25, -0.2) is 4.79 Å². The van der Waals surface area contributed by atoms with E-state index in [0.29, 0.717) is 0 Å². The van der Waals surface area contributed by atoms with Gasteiger partial charge in [-0.1, -0.05) is 0 Å². The molecule has 23 heavy (non-hydrogen) atoms. The molecular weight excluding hydrogens is 310 g/mol. The number of carboxylic acid groups (broad SMARTS) is 2. The molecule has 9 nitrogen and oxygen atoms in total. The summed E-state index contributed by atoms with van der Waals surface area (Å²) >= 11 is 0. The fourth-order valence-electron chi connectivity index (χ4n) is 1.79. The maximum Gasteiger partial charge on any atom is 0.408 e. The van der Waals surface area contributed by atoms with Crippen molar-refractivity contribution in [3.05, 3.63) is 0 Å². The summed E-state index contributed by atoms with van der Waals surface area (Å²) in [6.07, 6.45) is -4.76. The predicted molar refractivity (Wildman–Crippen MR) is 78.9 cm³/mol. The molecule has 0 aromatic rings. The normalized spacial score (nSPS) is 15.3. The number of carboxylic acids is 2. The lowest BCUT2D eigenvalue weighted by molar-refractivity contribution is -0.138. The van der Waals surface area contributed by atoms with Gasteiger partial charge in [0.1, 0.15) is 5.60 Å². The van der Waals surface area contributed by atoms with Crippen molar-refractivity contribution in [3.8, 4) is 0 Å². The molecule has 9 heteroatoms. The fourth-order valence-corrected chi connectivity index (χ4v) is 1.79. The number of hydrogen-bond donors (Lipinski definition) is 5. The van der Waals surface area contributed by atoms with Gasteiger partial charge in [0.05, 0.1) is 18.2 Å². The summed E-state index contributed by atoms with van der Waals surface area (Å²) in [7, 11) is 0. The highest BCUT2D eigenvalue weighted by atomic mass is 16.6. The molecular formula is C14H25NO8. The summed E-state index contributed by atoms with van der Waals surface area (Å²) in [4.78, 5) is 32.9. The monoisotopic (exact) mass is 335 g/mol. The fraction of sp³-hybridized carbons (Fsp3) is 0.786. The van der Waals surface area contributed by atoms with Crippen LogP contribution in [0.25, 0.3) is 0 Å². The molecule has 0 fully saturated rings. The van der Waals surface area contributed by atoms with E-state index in [1.807, 2.05) is 0 Å². The molecule has 0 rings (SSSR count). The van der Waals surface area contributed by atoms with Gasteiger partial charge in [0.2, 0.25) is 0 Å². The lowest BCUT2D eigenvalue weighted by atomic mass is 9.97. The second-order valence-corrected chi connectivity index (χ2v) is 6.17. The summed E-state index contributed by atoms with van der Waals surface area (Å²) < 4.78 is 5.01. The molecule has 2 unspecified atom stereocenters. The van der Waals surface area contributed by atoms with Crippen molar-refractivity contribution < 1.29 is 39.5 Å². The molecule has 134 valence electrons. The van der Waals surface area contributed by atoms with E-state index >= 15 is 0 Å². The van der Waals surface area contributed by atoms with E-state index in [2.05, 4.69) is 5.32 Å². The first-order valence-corrected chi connectivity index (χ1v) is 7.21. The predicted octanol–water partition coefficient (Wildman–Crippen LogP) is 0.331. The summed E-state index contributed by atoms with van der Waals surface area (Å²) in [5.74, 6) is -2.28. The molecule has 0 aliphatic rings. The zero-order valence-corrected chi connectivity index (χ0v) is 13.5. The Morgan fingerprint density at radius 3 is 1.65 bits per heavy atom. The number of carbonyl (C=O) groups excluding carboxylic acids is 1. The van der Waals surface area contributed by atoms with Crippen molar-refractivity contribution >= 4 is 18.0 Å². The summed E-state index contributed by atoms with van der Waals surface area (Å²) in [6.45, 7) is 4.88. The summed E-state index contributed by atoms with van der Waals surface area (Å²) in [6, 6.07) is -1.23. The van der Waals surface area contributed by atoms with E-state index in [1.165, 1.54) is 0 Å². The van der Waals surface area contributed by atoms with Gasteiger partial charge >= 0.3 is 18.0 Å². The number of ether oxygens (including phenoxy) is 1. The Balaban J connectivity index is 4.86. The third kappa shape index (κ3) is 10.5. The number of hydrogen-bond acceptors (Lipinski definition) is 6. The van der Waals surface area contributed by atoms with Gasteiger partial charge in [-0.2, -0.15) is 0 Å². The number of alkyl carbamates (subject to hydrolysis) is 1. The highest BCUT2D eigenvalue weighted by Crippen LogP contribution is 2.13. The Hall–Kier alpha value is -1.87. The molecule has 0 saturated carbocycles. The van der Waals surface area contributed by atoms with Crippen LogP contribution in [0.3, 0.4) is 0 Å². The molecule has 0 aliphatic heterocycles. The average Bonchev–Trinajstić information content (AvgIpc) is 2.37. The van der Waals surface area contributed by atoms with Gasteiger partial charge in [-0.15, -0.1) is 0 Å². The molecule has 0 radical (unpaired) electrons. The van der Waals surface area contributed by atoms with Crippen LogP contribution in [0.15, 0.2) is 0 Å². The molecule has 5 N–H and O–H groups in total. The number of aliphatic hydroxyl groups excluding tert-OH is 2. The van der Waals surface area contributed by atoms with E-state index in [-0.39, 0.29) is 25.7 Å². The van der Waals surface area contributed by atoms with E-state index in [4.69, 9.17) is 14.9 Å². The first-order valence-electron chi connectivity index (χ1n) is 7.21. The van der Waals surface area contributed by atoms with Gasteiger partial charge in [-0.3, -0.25) is 9.59 Å². The Bertz CT molecular complexity index is 393. The second kappa shape index (κ2) is 9.31. The lowest BCUT2D eigenvalue weighted by Crippen LogP contribution is -2.52. The number of aliphatic hydroxyl groups is 2. The first-order chi connectivity index (χ1) is 10.4. The summed E-state index contributed by atoms with van der Waals surface area (Å²) in [5.41, 5.74) is -0.799. The van der Waals surface area contributed by atoms with Crippen molar-refractivity contribution in [2.24, 2.45) is 0 Å². The zero-order valence-electron chi connectivity index (χ0n) is 13.5. The van der Waals surface area contributed by atoms with Crippen molar-refractivity contribution in [3.63, 3.8) is 0 Å². The quantitative estimate of drug-likeness (QED) is 0.404. The van der Waals surface area contributed by atoms with Crippen molar-refractivity contribution in [1.29, 1.82) is 0 Å². The van der Waals surface area contributed by atoms with Crippen LogP contribution in [-0.4, -0.2) is 62.3 Å². The molecule has 0 aromatic carbocycles. The maximum atomic E-state index is 11.8. The van der Waals surface area contributed by atoms with Crippen LogP contribution in [-0.2, 0) is 14.3 Å². The van der Waals surface area contributed by atoms with Crippen LogP contribution in [0.2, 0.25) is 0 Å². The highest BCUT2D eigenvalue weighted by Gasteiger charge is 2.31. The summed E-state index contributed by atoms with van der Waals surface area (Å²) in [5, 5.41) is 39.5. The average molecular weight is 335 g/mol. The van der Waals surface area contributed by atoms with Gasteiger partial charge in [0.25, 0.3) is 0 Å². The largest absolute Gasteiger partial charge is 0.481 e. The number of nitrogens with one attached hydrogen (secondary N) is 1. The van der Waals surface area contributed by atoms with Crippen molar-refractivity contribution in [1.82, 2.24) is 5.32 Å². The van der Waals surface area contributed by atoms with Crippen LogP contribution in [0.1, 0.15) is 46.5 Å². The Labute approximate surface area is 134 Å². The number of rotatable bonds is 9. The first kappa shape index (κ1) is 21.1. The van der Waals surface area contributed by atoms with E-state index < -0.39 is 41.9 Å².